The molecule has 1 unspecified atom stereocenters. The highest BCUT2D eigenvalue weighted by Crippen LogP contribution is 2.18. The maximum Gasteiger partial charge on any atom is 0.329 e. The number of aliphatic carboxylic acids is 1. The van der Waals surface area contributed by atoms with E-state index in [2.05, 4.69) is 5.32 Å². The molecule has 0 aliphatic carbocycles. The van der Waals surface area contributed by atoms with Gasteiger partial charge in [-0.2, -0.15) is 4.31 Å². The van der Waals surface area contributed by atoms with E-state index in [0.717, 1.165) is 0 Å². The number of hydrogen-bond donors (Lipinski definition) is 2. The molecule has 0 bridgehead atoms. The summed E-state index contributed by atoms with van der Waals surface area (Å²) >= 11 is 0. The summed E-state index contributed by atoms with van der Waals surface area (Å²) < 4.78 is 26.2. The van der Waals surface area contributed by atoms with Crippen LogP contribution < -0.4 is 5.32 Å². The molecular formula is C17H26N2O5S. The van der Waals surface area contributed by atoms with Gasteiger partial charge in [0.05, 0.1) is 4.90 Å². The third-order valence-corrected chi connectivity index (χ3v) is 6.14. The van der Waals surface area contributed by atoms with Gasteiger partial charge < -0.3 is 10.4 Å². The van der Waals surface area contributed by atoms with E-state index in [0.29, 0.717) is 25.9 Å². The number of nitrogens with zero attached hydrogens (tertiary/aromatic N) is 1. The summed E-state index contributed by atoms with van der Waals surface area (Å²) in [6, 6.07) is 5.50. The minimum atomic E-state index is -3.59. The van der Waals surface area contributed by atoms with Crippen molar-refractivity contribution in [1.29, 1.82) is 0 Å². The zero-order valence-corrected chi connectivity index (χ0v) is 15.9. The molecule has 1 aromatic rings. The zero-order valence-electron chi connectivity index (χ0n) is 15.1. The molecule has 25 heavy (non-hydrogen) atoms. The molecular weight excluding hydrogens is 344 g/mol. The lowest BCUT2D eigenvalue weighted by Gasteiger charge is -2.25. The lowest BCUT2D eigenvalue weighted by Crippen LogP contribution is -2.52. The SMILES string of the molecule is CCCC(C)(NC(=O)c1ccc(S(=O)(=O)N(CC)CC)cc1)C(=O)O. The van der Waals surface area contributed by atoms with Crippen LogP contribution in [0.15, 0.2) is 29.2 Å². The van der Waals surface area contributed by atoms with Gasteiger partial charge in [0.15, 0.2) is 0 Å². The first-order chi connectivity index (χ1) is 11.6. The Hall–Kier alpha value is -1.93. The molecule has 0 aliphatic rings. The van der Waals surface area contributed by atoms with Crippen molar-refractivity contribution in [2.45, 2.75) is 51.0 Å². The monoisotopic (exact) mass is 370 g/mol. The minimum absolute atomic E-state index is 0.0994. The number of amides is 1. The number of carbonyl (C=O) groups excluding carboxylic acids is 1. The van der Waals surface area contributed by atoms with Gasteiger partial charge in [-0.05, 0) is 37.6 Å². The molecule has 2 N–H and O–H groups in total. The number of hydrogen-bond acceptors (Lipinski definition) is 4. The second kappa shape index (κ2) is 8.44. The summed E-state index contributed by atoms with van der Waals surface area (Å²) in [5.74, 6) is -1.66. The summed E-state index contributed by atoms with van der Waals surface area (Å²) in [7, 11) is -3.59. The Morgan fingerprint density at radius 1 is 1.12 bits per heavy atom. The predicted octanol–water partition coefficient (Wildman–Crippen LogP) is 2.09. The molecule has 0 aromatic heterocycles. The summed E-state index contributed by atoms with van der Waals surface area (Å²) in [6.45, 7) is 7.51. The highest BCUT2D eigenvalue weighted by Gasteiger charge is 2.34. The molecule has 0 spiro atoms. The van der Waals surface area contributed by atoms with Gasteiger partial charge in [0.2, 0.25) is 10.0 Å². The number of benzene rings is 1. The van der Waals surface area contributed by atoms with Crippen molar-refractivity contribution in [3.05, 3.63) is 29.8 Å². The van der Waals surface area contributed by atoms with E-state index in [4.69, 9.17) is 0 Å². The second-order valence-corrected chi connectivity index (χ2v) is 7.89. The van der Waals surface area contributed by atoms with Crippen LogP contribution in [0.3, 0.4) is 0 Å². The first-order valence-electron chi connectivity index (χ1n) is 8.28. The Bertz CT molecular complexity index is 711. The number of carboxylic acids is 1. The Kier molecular flexibility index (Phi) is 7.13. The molecule has 7 nitrogen and oxygen atoms in total. The molecule has 0 fully saturated rings. The van der Waals surface area contributed by atoms with E-state index in [1.165, 1.54) is 35.5 Å². The first-order valence-corrected chi connectivity index (χ1v) is 9.72. The summed E-state index contributed by atoms with van der Waals surface area (Å²) in [5, 5.41) is 11.8. The van der Waals surface area contributed by atoms with Crippen LogP contribution in [0.5, 0.6) is 0 Å². The van der Waals surface area contributed by atoms with E-state index in [1.54, 1.807) is 13.8 Å². The van der Waals surface area contributed by atoms with Crippen molar-refractivity contribution in [3.8, 4) is 0 Å². The molecule has 0 saturated carbocycles. The molecule has 8 heteroatoms. The lowest BCUT2D eigenvalue weighted by molar-refractivity contribution is -0.144. The molecule has 140 valence electrons. The van der Waals surface area contributed by atoms with Crippen molar-refractivity contribution in [2.24, 2.45) is 0 Å². The molecule has 1 amide bonds. The van der Waals surface area contributed by atoms with Crippen LogP contribution in [0.4, 0.5) is 0 Å². The maximum atomic E-state index is 12.4. The molecule has 1 rings (SSSR count). The summed E-state index contributed by atoms with van der Waals surface area (Å²) in [6.07, 6.45) is 0.895. The van der Waals surface area contributed by atoms with Gasteiger partial charge in [-0.15, -0.1) is 0 Å². The Morgan fingerprint density at radius 2 is 1.64 bits per heavy atom. The maximum absolute atomic E-state index is 12.4. The van der Waals surface area contributed by atoms with E-state index >= 15 is 0 Å². The Labute approximate surface area is 149 Å². The fourth-order valence-corrected chi connectivity index (χ4v) is 3.99. The smallest absolute Gasteiger partial charge is 0.329 e. The highest BCUT2D eigenvalue weighted by atomic mass is 32.2. The van der Waals surface area contributed by atoms with Crippen molar-refractivity contribution in [3.63, 3.8) is 0 Å². The van der Waals surface area contributed by atoms with Crippen LogP contribution in [0.2, 0.25) is 0 Å². The van der Waals surface area contributed by atoms with Crippen molar-refractivity contribution in [2.75, 3.05) is 13.1 Å². The average molecular weight is 370 g/mol. The molecule has 0 radical (unpaired) electrons. The number of carbonyl (C=O) groups is 2. The highest BCUT2D eigenvalue weighted by molar-refractivity contribution is 7.89. The normalized spacial score (nSPS) is 14.1. The molecule has 0 saturated heterocycles. The van der Waals surface area contributed by atoms with Gasteiger partial charge in [0, 0.05) is 18.7 Å². The zero-order chi connectivity index (χ0) is 19.3. The standard InChI is InChI=1S/C17H26N2O5S/c1-5-12-17(4,16(21)22)18-15(20)13-8-10-14(11-9-13)25(23,24)19(6-2)7-3/h8-11H,5-7,12H2,1-4H3,(H,18,20)(H,21,22). The second-order valence-electron chi connectivity index (χ2n) is 5.96. The fourth-order valence-electron chi connectivity index (χ4n) is 2.54. The van der Waals surface area contributed by atoms with E-state index < -0.39 is 27.4 Å². The van der Waals surface area contributed by atoms with Crippen molar-refractivity contribution < 1.29 is 23.1 Å². The van der Waals surface area contributed by atoms with Gasteiger partial charge in [-0.3, -0.25) is 4.79 Å². The van der Waals surface area contributed by atoms with Crippen LogP contribution in [-0.2, 0) is 14.8 Å². The summed E-state index contributed by atoms with van der Waals surface area (Å²) in [4.78, 5) is 23.8. The molecule has 0 heterocycles. The number of rotatable bonds is 9. The molecule has 1 atom stereocenters. The van der Waals surface area contributed by atoms with Gasteiger partial charge in [-0.1, -0.05) is 27.2 Å². The van der Waals surface area contributed by atoms with Gasteiger partial charge >= 0.3 is 5.97 Å². The molecule has 1 aromatic carbocycles. The number of sulfonamides is 1. The van der Waals surface area contributed by atoms with Crippen LogP contribution in [0.25, 0.3) is 0 Å². The minimum Gasteiger partial charge on any atom is -0.480 e. The van der Waals surface area contributed by atoms with Crippen LogP contribution in [0.1, 0.15) is 50.9 Å². The van der Waals surface area contributed by atoms with Crippen molar-refractivity contribution in [1.82, 2.24) is 9.62 Å². The predicted molar refractivity (Wildman–Crippen MR) is 95.0 cm³/mol. The van der Waals surface area contributed by atoms with Crippen LogP contribution in [0, 0.1) is 0 Å². The van der Waals surface area contributed by atoms with E-state index in [1.807, 2.05) is 6.92 Å². The van der Waals surface area contributed by atoms with E-state index in [-0.39, 0.29) is 10.5 Å². The third-order valence-electron chi connectivity index (χ3n) is 4.07. The summed E-state index contributed by atoms with van der Waals surface area (Å²) in [5.41, 5.74) is -1.15. The topological polar surface area (TPSA) is 104 Å². The lowest BCUT2D eigenvalue weighted by atomic mass is 9.96. The average Bonchev–Trinajstić information content (AvgIpc) is 2.55. The first kappa shape index (κ1) is 21.1. The quantitative estimate of drug-likeness (QED) is 0.693. The van der Waals surface area contributed by atoms with Gasteiger partial charge in [0.1, 0.15) is 5.54 Å². The molecule has 0 aliphatic heterocycles. The fraction of sp³-hybridized carbons (Fsp3) is 0.529. The van der Waals surface area contributed by atoms with E-state index in [9.17, 15) is 23.1 Å². The third kappa shape index (κ3) is 4.79. The van der Waals surface area contributed by atoms with Gasteiger partial charge in [-0.25, -0.2) is 13.2 Å². The van der Waals surface area contributed by atoms with Crippen LogP contribution in [-0.4, -0.2) is 48.3 Å². The largest absolute Gasteiger partial charge is 0.480 e. The number of nitrogens with one attached hydrogen (secondary N) is 1. The Morgan fingerprint density at radius 3 is 2.04 bits per heavy atom. The van der Waals surface area contributed by atoms with Gasteiger partial charge in [0.25, 0.3) is 5.91 Å². The van der Waals surface area contributed by atoms with Crippen LogP contribution >= 0.6 is 0 Å². The number of carboxylic acid groups (broad SMARTS) is 1. The Balaban J connectivity index is 3.03. The van der Waals surface area contributed by atoms with Crippen molar-refractivity contribution >= 4 is 21.9 Å².